The number of nitriles is 1. The fourth-order valence-corrected chi connectivity index (χ4v) is 2.26. The van der Waals surface area contributed by atoms with Gasteiger partial charge in [-0.2, -0.15) is 5.26 Å². The predicted octanol–water partition coefficient (Wildman–Crippen LogP) is 3.93. The van der Waals surface area contributed by atoms with Crippen molar-refractivity contribution in [2.45, 2.75) is 19.3 Å². The zero-order valence-corrected chi connectivity index (χ0v) is 12.9. The summed E-state index contributed by atoms with van der Waals surface area (Å²) < 4.78 is 6.31. The van der Waals surface area contributed by atoms with E-state index in [9.17, 15) is 0 Å². The first-order chi connectivity index (χ1) is 9.69. The molecule has 0 aliphatic rings. The summed E-state index contributed by atoms with van der Waals surface area (Å²) in [6.07, 6.45) is 2.37. The molecule has 0 radical (unpaired) electrons. The molecule has 1 heterocycles. The maximum Gasteiger partial charge on any atom is 0.146 e. The number of methoxy groups -OCH3 is 1. The molecule has 0 bridgehead atoms. The van der Waals surface area contributed by atoms with Crippen molar-refractivity contribution >= 4 is 15.9 Å². The smallest absolute Gasteiger partial charge is 0.146 e. The number of hydrogen-bond acceptors (Lipinski definition) is 4. The van der Waals surface area contributed by atoms with Crippen molar-refractivity contribution < 1.29 is 4.74 Å². The van der Waals surface area contributed by atoms with Crippen LogP contribution < -0.4 is 4.74 Å². The summed E-state index contributed by atoms with van der Waals surface area (Å²) in [5, 5.41) is 9.12. The largest absolute Gasteiger partial charge is 0.496 e. The van der Waals surface area contributed by atoms with Crippen LogP contribution >= 0.6 is 15.9 Å². The zero-order chi connectivity index (χ0) is 14.5. The molecule has 4 nitrogen and oxygen atoms in total. The highest BCUT2D eigenvalue weighted by Gasteiger charge is 2.14. The lowest BCUT2D eigenvalue weighted by atomic mass is 10.1. The second-order valence-electron chi connectivity index (χ2n) is 4.23. The maximum absolute atomic E-state index is 9.12. The lowest BCUT2D eigenvalue weighted by Gasteiger charge is -2.10. The second kappa shape index (κ2) is 6.49. The second-order valence-corrected chi connectivity index (χ2v) is 5.15. The van der Waals surface area contributed by atoms with E-state index in [0.29, 0.717) is 12.2 Å². The van der Waals surface area contributed by atoms with Crippen molar-refractivity contribution in [3.05, 3.63) is 40.8 Å². The fraction of sp³-hybridized carbons (Fsp3) is 0.267. The van der Waals surface area contributed by atoms with E-state index < -0.39 is 0 Å². The normalized spacial score (nSPS) is 11.7. The van der Waals surface area contributed by atoms with Crippen LogP contribution in [0.25, 0.3) is 11.3 Å². The summed E-state index contributed by atoms with van der Waals surface area (Å²) in [6, 6.07) is 9.77. The van der Waals surface area contributed by atoms with Crippen molar-refractivity contribution in [3.63, 3.8) is 0 Å². The number of hydrogen-bond donors (Lipinski definition) is 0. The number of ether oxygens (including phenoxy) is 1. The van der Waals surface area contributed by atoms with Gasteiger partial charge in [-0.15, -0.1) is 0 Å². The Morgan fingerprint density at radius 3 is 2.85 bits per heavy atom. The Bertz CT molecular complexity index is 652. The van der Waals surface area contributed by atoms with Gasteiger partial charge in [0.05, 0.1) is 18.9 Å². The van der Waals surface area contributed by atoms with Crippen LogP contribution in [0, 0.1) is 11.3 Å². The molecule has 1 unspecified atom stereocenters. The van der Waals surface area contributed by atoms with E-state index in [4.69, 9.17) is 10.00 Å². The highest BCUT2D eigenvalue weighted by molar-refractivity contribution is 9.10. The van der Waals surface area contributed by atoms with Crippen molar-refractivity contribution in [3.8, 4) is 23.1 Å². The van der Waals surface area contributed by atoms with Gasteiger partial charge in [-0.05, 0) is 30.7 Å². The third kappa shape index (κ3) is 2.97. The van der Waals surface area contributed by atoms with Gasteiger partial charge in [0.25, 0.3) is 0 Å². The molecule has 5 heteroatoms. The van der Waals surface area contributed by atoms with Gasteiger partial charge >= 0.3 is 0 Å². The molecule has 0 aliphatic carbocycles. The summed E-state index contributed by atoms with van der Waals surface area (Å²) in [5.74, 6) is 1.01. The van der Waals surface area contributed by atoms with E-state index in [2.05, 4.69) is 32.0 Å². The van der Waals surface area contributed by atoms with E-state index in [0.717, 1.165) is 21.5 Å². The maximum atomic E-state index is 9.12. The van der Waals surface area contributed by atoms with Gasteiger partial charge in [0, 0.05) is 16.2 Å². The number of halogens is 1. The van der Waals surface area contributed by atoms with E-state index in [1.807, 2.05) is 31.2 Å². The summed E-state index contributed by atoms with van der Waals surface area (Å²) in [4.78, 5) is 8.70. The Labute approximate surface area is 126 Å². The molecule has 0 saturated carbocycles. The summed E-state index contributed by atoms with van der Waals surface area (Å²) in [6.45, 7) is 1.95. The first kappa shape index (κ1) is 14.5. The summed E-state index contributed by atoms with van der Waals surface area (Å²) in [7, 11) is 1.62. The minimum atomic E-state index is -0.284. The fourth-order valence-electron chi connectivity index (χ4n) is 1.90. The zero-order valence-electron chi connectivity index (χ0n) is 11.3. The van der Waals surface area contributed by atoms with E-state index in [-0.39, 0.29) is 5.92 Å². The Balaban J connectivity index is 2.51. The Morgan fingerprint density at radius 1 is 1.40 bits per heavy atom. The van der Waals surface area contributed by atoms with Crippen molar-refractivity contribution in [1.29, 1.82) is 5.26 Å². The Kier molecular flexibility index (Phi) is 4.70. The van der Waals surface area contributed by atoms with Gasteiger partial charge in [0.2, 0.25) is 0 Å². The molecule has 0 aliphatic heterocycles. The topological polar surface area (TPSA) is 58.8 Å². The number of aromatic nitrogens is 2. The molecular formula is C15H14BrN3O. The van der Waals surface area contributed by atoms with Crippen LogP contribution in [0.1, 0.15) is 25.1 Å². The number of benzene rings is 1. The molecule has 1 aromatic carbocycles. The van der Waals surface area contributed by atoms with Crippen molar-refractivity contribution in [1.82, 2.24) is 9.97 Å². The molecule has 0 saturated heterocycles. The Morgan fingerprint density at radius 2 is 2.20 bits per heavy atom. The summed E-state index contributed by atoms with van der Waals surface area (Å²) >= 11 is 3.45. The highest BCUT2D eigenvalue weighted by Crippen LogP contribution is 2.31. The molecule has 0 spiro atoms. The molecule has 0 fully saturated rings. The number of rotatable bonds is 4. The van der Waals surface area contributed by atoms with Crippen LogP contribution in [0.4, 0.5) is 0 Å². The van der Waals surface area contributed by atoms with Gasteiger partial charge in [0.1, 0.15) is 17.5 Å². The first-order valence-corrected chi connectivity index (χ1v) is 7.05. The predicted molar refractivity (Wildman–Crippen MR) is 80.4 cm³/mol. The molecular weight excluding hydrogens is 318 g/mol. The van der Waals surface area contributed by atoms with E-state index in [1.165, 1.54) is 0 Å². The van der Waals surface area contributed by atoms with Crippen LogP contribution in [-0.4, -0.2) is 17.1 Å². The highest BCUT2D eigenvalue weighted by atomic mass is 79.9. The SMILES string of the molecule is CCC(C#N)c1nccc(-c2cc(Br)ccc2OC)n1. The van der Waals surface area contributed by atoms with E-state index >= 15 is 0 Å². The minimum absolute atomic E-state index is 0.284. The molecule has 1 aromatic heterocycles. The third-order valence-corrected chi connectivity index (χ3v) is 3.48. The first-order valence-electron chi connectivity index (χ1n) is 6.26. The van der Waals surface area contributed by atoms with Gasteiger partial charge in [-0.3, -0.25) is 0 Å². The van der Waals surface area contributed by atoms with Gasteiger partial charge in [0.15, 0.2) is 0 Å². The lowest BCUT2D eigenvalue weighted by Crippen LogP contribution is -2.02. The quantitative estimate of drug-likeness (QED) is 0.851. The van der Waals surface area contributed by atoms with Gasteiger partial charge in [-0.25, -0.2) is 9.97 Å². The van der Waals surface area contributed by atoms with Gasteiger partial charge in [-0.1, -0.05) is 22.9 Å². The molecule has 0 amide bonds. The van der Waals surface area contributed by atoms with Crippen LogP contribution in [0.3, 0.4) is 0 Å². The summed E-state index contributed by atoms with van der Waals surface area (Å²) in [5.41, 5.74) is 1.63. The van der Waals surface area contributed by atoms with Crippen LogP contribution in [-0.2, 0) is 0 Å². The number of nitrogens with zero attached hydrogens (tertiary/aromatic N) is 3. The third-order valence-electron chi connectivity index (χ3n) is 2.99. The van der Waals surface area contributed by atoms with Crippen molar-refractivity contribution in [2.24, 2.45) is 0 Å². The minimum Gasteiger partial charge on any atom is -0.496 e. The van der Waals surface area contributed by atoms with Gasteiger partial charge < -0.3 is 4.74 Å². The Hall–Kier alpha value is -1.93. The monoisotopic (exact) mass is 331 g/mol. The van der Waals surface area contributed by atoms with Crippen LogP contribution in [0.15, 0.2) is 34.9 Å². The molecule has 20 heavy (non-hydrogen) atoms. The molecule has 0 N–H and O–H groups in total. The molecule has 102 valence electrons. The standard InChI is InChI=1S/C15H14BrN3O/c1-3-10(9-17)15-18-7-6-13(19-15)12-8-11(16)4-5-14(12)20-2/h4-8,10H,3H2,1-2H3. The van der Waals surface area contributed by atoms with Crippen molar-refractivity contribution in [2.75, 3.05) is 7.11 Å². The molecule has 2 aromatic rings. The van der Waals surface area contributed by atoms with Crippen LogP contribution in [0.5, 0.6) is 5.75 Å². The average Bonchev–Trinajstić information content (AvgIpc) is 2.49. The molecule has 2 rings (SSSR count). The van der Waals surface area contributed by atoms with E-state index in [1.54, 1.807) is 13.3 Å². The molecule has 1 atom stereocenters. The van der Waals surface area contributed by atoms with Crippen LogP contribution in [0.2, 0.25) is 0 Å². The average molecular weight is 332 g/mol. The lowest BCUT2D eigenvalue weighted by molar-refractivity contribution is 0.416.